The molecule has 2 aromatic carbocycles. The monoisotopic (exact) mass is 310 g/mol. The topological polar surface area (TPSA) is 60.7 Å². The smallest absolute Gasteiger partial charge is 0.206 e. The Hall–Kier alpha value is -2.58. The molecule has 0 spiro atoms. The van der Waals surface area contributed by atoms with E-state index < -0.39 is 63.3 Å². The van der Waals surface area contributed by atoms with Crippen molar-refractivity contribution < 1.29 is 41.7 Å². The van der Waals surface area contributed by atoms with Crippen molar-refractivity contribution in [2.75, 3.05) is 0 Å². The van der Waals surface area contributed by atoms with E-state index in [0.717, 1.165) is 0 Å². The summed E-state index contributed by atoms with van der Waals surface area (Å²) in [7, 11) is 0. The minimum absolute atomic E-state index is 0.0443. The van der Waals surface area contributed by atoms with Gasteiger partial charge in [-0.15, -0.1) is 0 Å². The second kappa shape index (κ2) is 4.76. The maximum absolute atomic E-state index is 13.6. The summed E-state index contributed by atoms with van der Waals surface area (Å²) in [6.07, 6.45) is 0. The predicted molar refractivity (Wildman–Crippen MR) is 56.6 cm³/mol. The number of hydrogen-bond acceptors (Lipinski definition) is 3. The molecule has 112 valence electrons. The second-order valence-corrected chi connectivity index (χ2v) is 3.90. The van der Waals surface area contributed by atoms with E-state index in [2.05, 4.69) is 0 Å². The molecular formula is C12H4F6O3. The van der Waals surface area contributed by atoms with Crippen molar-refractivity contribution in [2.24, 2.45) is 0 Å². The first-order valence-corrected chi connectivity index (χ1v) is 5.13. The molecule has 0 fully saturated rings. The molecule has 0 radical (unpaired) electrons. The average molecular weight is 310 g/mol. The number of rotatable bonds is 1. The highest BCUT2D eigenvalue weighted by Gasteiger charge is 2.30. The van der Waals surface area contributed by atoms with Crippen molar-refractivity contribution in [1.82, 2.24) is 0 Å². The Morgan fingerprint density at radius 2 is 1.14 bits per heavy atom. The molecule has 3 nitrogen and oxygen atoms in total. The minimum Gasteiger partial charge on any atom is -0.504 e. The van der Waals surface area contributed by atoms with E-state index in [1.165, 1.54) is 0 Å². The molecule has 0 heterocycles. The number of aromatic hydroxyl groups is 3. The van der Waals surface area contributed by atoms with Gasteiger partial charge in [-0.1, -0.05) is 0 Å². The lowest BCUT2D eigenvalue weighted by molar-refractivity contribution is 0.356. The summed E-state index contributed by atoms with van der Waals surface area (Å²) in [5.41, 5.74) is -2.78. The van der Waals surface area contributed by atoms with Crippen LogP contribution in [0.4, 0.5) is 26.3 Å². The van der Waals surface area contributed by atoms with Crippen molar-refractivity contribution in [3.63, 3.8) is 0 Å². The summed E-state index contributed by atoms with van der Waals surface area (Å²) < 4.78 is 79.3. The van der Waals surface area contributed by atoms with Crippen molar-refractivity contribution >= 4 is 0 Å². The molecule has 0 saturated heterocycles. The second-order valence-electron chi connectivity index (χ2n) is 3.90. The molecule has 2 rings (SSSR count). The van der Waals surface area contributed by atoms with Gasteiger partial charge in [0.05, 0.1) is 5.56 Å². The standard InChI is InChI=1S/C12H4F6O3/c13-3-1-2(10(19)12(21)5(3)14)4-6(15)8(17)9(18)11(20)7(4)16/h1,19-21H. The number of benzene rings is 2. The maximum atomic E-state index is 13.6. The van der Waals surface area contributed by atoms with Crippen LogP contribution in [0, 0.1) is 34.9 Å². The molecule has 0 aliphatic heterocycles. The van der Waals surface area contributed by atoms with Gasteiger partial charge in [-0.2, -0.15) is 8.78 Å². The van der Waals surface area contributed by atoms with Crippen molar-refractivity contribution in [2.45, 2.75) is 0 Å². The quantitative estimate of drug-likeness (QED) is 0.328. The van der Waals surface area contributed by atoms with E-state index in [9.17, 15) is 31.4 Å². The van der Waals surface area contributed by atoms with Gasteiger partial charge >= 0.3 is 0 Å². The minimum atomic E-state index is -2.30. The van der Waals surface area contributed by atoms with Crippen LogP contribution in [0.5, 0.6) is 17.2 Å². The lowest BCUT2D eigenvalue weighted by Crippen LogP contribution is -2.01. The summed E-state index contributed by atoms with van der Waals surface area (Å²) in [5, 5.41) is 27.4. The normalized spacial score (nSPS) is 11.0. The molecule has 0 bridgehead atoms. The number of halogens is 6. The van der Waals surface area contributed by atoms with Crippen LogP contribution in [0.2, 0.25) is 0 Å². The highest BCUT2D eigenvalue weighted by Crippen LogP contribution is 2.44. The van der Waals surface area contributed by atoms with E-state index in [1.807, 2.05) is 0 Å². The molecule has 3 N–H and O–H groups in total. The van der Waals surface area contributed by atoms with Crippen LogP contribution in [0.25, 0.3) is 11.1 Å². The van der Waals surface area contributed by atoms with Crippen LogP contribution in [0.15, 0.2) is 6.07 Å². The van der Waals surface area contributed by atoms with Crippen LogP contribution >= 0.6 is 0 Å². The van der Waals surface area contributed by atoms with E-state index in [0.29, 0.717) is 0 Å². The number of hydrogen-bond donors (Lipinski definition) is 3. The Kier molecular flexibility index (Phi) is 3.36. The summed E-state index contributed by atoms with van der Waals surface area (Å²) in [6.45, 7) is 0. The van der Waals surface area contributed by atoms with Crippen LogP contribution in [0.3, 0.4) is 0 Å². The first kappa shape index (κ1) is 14.8. The molecule has 0 aromatic heterocycles. The first-order valence-electron chi connectivity index (χ1n) is 5.13. The Morgan fingerprint density at radius 1 is 0.571 bits per heavy atom. The third kappa shape index (κ3) is 2.01. The molecule has 0 unspecified atom stereocenters. The number of phenols is 3. The first-order chi connectivity index (χ1) is 9.68. The lowest BCUT2D eigenvalue weighted by atomic mass is 10.0. The Labute approximate surface area is 112 Å². The highest BCUT2D eigenvalue weighted by molar-refractivity contribution is 5.75. The van der Waals surface area contributed by atoms with Crippen LogP contribution < -0.4 is 0 Å². The summed E-state index contributed by atoms with van der Waals surface area (Å²) in [6, 6.07) is 0.0443. The van der Waals surface area contributed by atoms with Gasteiger partial charge in [-0.3, -0.25) is 0 Å². The molecule has 21 heavy (non-hydrogen) atoms. The van der Waals surface area contributed by atoms with E-state index in [-0.39, 0.29) is 6.07 Å². The molecule has 0 atom stereocenters. The molecule has 9 heteroatoms. The Balaban J connectivity index is 2.93. The third-order valence-electron chi connectivity index (χ3n) is 2.68. The van der Waals surface area contributed by atoms with Gasteiger partial charge in [0.25, 0.3) is 0 Å². The van der Waals surface area contributed by atoms with Crippen molar-refractivity contribution in [1.29, 1.82) is 0 Å². The molecule has 0 saturated carbocycles. The van der Waals surface area contributed by atoms with Gasteiger partial charge in [-0.05, 0) is 6.07 Å². The fourth-order valence-corrected chi connectivity index (χ4v) is 1.65. The highest BCUT2D eigenvalue weighted by atomic mass is 19.2. The zero-order valence-electron chi connectivity index (χ0n) is 9.69. The molecular weight excluding hydrogens is 306 g/mol. The largest absolute Gasteiger partial charge is 0.504 e. The van der Waals surface area contributed by atoms with E-state index >= 15 is 0 Å². The zero-order chi connectivity index (χ0) is 16.1. The SMILES string of the molecule is Oc1c(-c2c(F)c(O)c(F)c(F)c2F)cc(F)c(F)c1O. The zero-order valence-corrected chi connectivity index (χ0v) is 9.69. The van der Waals surface area contributed by atoms with Gasteiger partial charge in [0.15, 0.2) is 40.5 Å². The number of phenolic OH excluding ortho intramolecular Hbond substituents is 3. The van der Waals surface area contributed by atoms with Crippen LogP contribution in [0.1, 0.15) is 0 Å². The fraction of sp³-hybridized carbons (Fsp3) is 0. The predicted octanol–water partition coefficient (Wildman–Crippen LogP) is 3.31. The van der Waals surface area contributed by atoms with Crippen molar-refractivity contribution in [3.8, 4) is 28.4 Å². The fourth-order valence-electron chi connectivity index (χ4n) is 1.65. The van der Waals surface area contributed by atoms with E-state index in [1.54, 1.807) is 0 Å². The maximum Gasteiger partial charge on any atom is 0.206 e. The summed E-state index contributed by atoms with van der Waals surface area (Å²) in [4.78, 5) is 0. The Morgan fingerprint density at radius 3 is 1.71 bits per heavy atom. The third-order valence-corrected chi connectivity index (χ3v) is 2.68. The van der Waals surface area contributed by atoms with Crippen LogP contribution in [-0.2, 0) is 0 Å². The van der Waals surface area contributed by atoms with E-state index in [4.69, 9.17) is 10.2 Å². The Bertz CT molecular complexity index is 731. The van der Waals surface area contributed by atoms with Gasteiger partial charge in [-0.25, -0.2) is 17.6 Å². The lowest BCUT2D eigenvalue weighted by Gasteiger charge is -2.12. The molecule has 0 aliphatic carbocycles. The molecule has 0 aliphatic rings. The summed E-state index contributed by atoms with van der Waals surface area (Å²) in [5.74, 6) is -17.7. The van der Waals surface area contributed by atoms with Gasteiger partial charge < -0.3 is 15.3 Å². The van der Waals surface area contributed by atoms with Gasteiger partial charge in [0, 0.05) is 5.56 Å². The summed E-state index contributed by atoms with van der Waals surface area (Å²) >= 11 is 0. The van der Waals surface area contributed by atoms with Gasteiger partial charge in [0.2, 0.25) is 11.6 Å². The molecule has 0 amide bonds. The van der Waals surface area contributed by atoms with Crippen molar-refractivity contribution in [3.05, 3.63) is 41.0 Å². The van der Waals surface area contributed by atoms with Gasteiger partial charge in [0.1, 0.15) is 0 Å². The average Bonchev–Trinajstić information content (AvgIpc) is 2.46. The van der Waals surface area contributed by atoms with Crippen LogP contribution in [-0.4, -0.2) is 15.3 Å². The molecule has 2 aromatic rings.